The van der Waals surface area contributed by atoms with Gasteiger partial charge in [-0.05, 0) is 24.8 Å². The third-order valence-corrected chi connectivity index (χ3v) is 3.38. The second kappa shape index (κ2) is 2.74. The first kappa shape index (κ1) is 8.30. The van der Waals surface area contributed by atoms with E-state index in [0.29, 0.717) is 11.0 Å². The highest BCUT2D eigenvalue weighted by atomic mass is 35.5. The molecule has 2 atom stereocenters. The molecule has 1 saturated heterocycles. The number of halogens is 1. The molecule has 2 nitrogen and oxygen atoms in total. The Morgan fingerprint density at radius 2 is 2.36 bits per heavy atom. The number of carbonyl (C=O) groups is 1. The van der Waals surface area contributed by atoms with Gasteiger partial charge in [0, 0.05) is 22.2 Å². The average Bonchev–Trinajstić information content (AvgIpc) is 2.45. The van der Waals surface area contributed by atoms with Gasteiger partial charge in [-0.25, -0.2) is 0 Å². The molecule has 0 spiro atoms. The molecule has 1 fully saturated rings. The van der Waals surface area contributed by atoms with Crippen molar-refractivity contribution in [2.24, 2.45) is 11.8 Å². The maximum Gasteiger partial charge on any atom is 0.252 e. The molecule has 0 aromatic carbocycles. The first-order valence-corrected chi connectivity index (χ1v) is 5.24. The highest BCUT2D eigenvalue weighted by Crippen LogP contribution is 2.43. The number of amides is 1. The zero-order valence-electron chi connectivity index (χ0n) is 7.59. The fourth-order valence-electron chi connectivity index (χ4n) is 2.56. The first-order valence-electron chi connectivity index (χ1n) is 4.86. The van der Waals surface area contributed by atoms with Gasteiger partial charge in [-0.1, -0.05) is 23.8 Å². The predicted octanol–water partition coefficient (Wildman–Crippen LogP) is 2.09. The maximum atomic E-state index is 11.6. The Morgan fingerprint density at radius 3 is 3.21 bits per heavy atom. The molecule has 0 aromatic heterocycles. The zero-order valence-corrected chi connectivity index (χ0v) is 8.34. The van der Waals surface area contributed by atoms with E-state index in [1.807, 2.05) is 0 Å². The lowest BCUT2D eigenvalue weighted by molar-refractivity contribution is -0.116. The predicted molar refractivity (Wildman–Crippen MR) is 54.5 cm³/mol. The SMILES string of the molecule is O=C1NC2=CCCC3C=C(Cl)C=C1C23. The van der Waals surface area contributed by atoms with Crippen LogP contribution in [-0.2, 0) is 4.79 Å². The molecular weight excluding hydrogens is 198 g/mol. The molecule has 1 amide bonds. The molecule has 0 radical (unpaired) electrons. The van der Waals surface area contributed by atoms with Crippen LogP contribution in [0.5, 0.6) is 0 Å². The summed E-state index contributed by atoms with van der Waals surface area (Å²) in [6.07, 6.45) is 8.13. The molecule has 0 saturated carbocycles. The summed E-state index contributed by atoms with van der Waals surface area (Å²) < 4.78 is 0. The maximum absolute atomic E-state index is 11.6. The van der Waals surface area contributed by atoms with Crippen molar-refractivity contribution in [3.8, 4) is 0 Å². The first-order chi connectivity index (χ1) is 6.75. The minimum atomic E-state index is 0.0272. The van der Waals surface area contributed by atoms with Crippen LogP contribution in [0.4, 0.5) is 0 Å². The van der Waals surface area contributed by atoms with Crippen LogP contribution in [0.1, 0.15) is 12.8 Å². The highest BCUT2D eigenvalue weighted by Gasteiger charge is 2.40. The van der Waals surface area contributed by atoms with E-state index in [2.05, 4.69) is 17.5 Å². The van der Waals surface area contributed by atoms with Crippen LogP contribution in [0.2, 0.25) is 0 Å². The van der Waals surface area contributed by atoms with Crippen molar-refractivity contribution < 1.29 is 4.79 Å². The molecule has 2 unspecified atom stereocenters. The van der Waals surface area contributed by atoms with Gasteiger partial charge in [0.25, 0.3) is 5.91 Å². The van der Waals surface area contributed by atoms with Gasteiger partial charge in [-0.15, -0.1) is 0 Å². The van der Waals surface area contributed by atoms with Gasteiger partial charge in [-0.2, -0.15) is 0 Å². The minimum Gasteiger partial charge on any atom is -0.326 e. The second-order valence-electron chi connectivity index (χ2n) is 3.98. The van der Waals surface area contributed by atoms with Gasteiger partial charge in [0.15, 0.2) is 0 Å². The number of hydrogen-bond acceptors (Lipinski definition) is 1. The molecule has 1 N–H and O–H groups in total. The molecule has 72 valence electrons. The summed E-state index contributed by atoms with van der Waals surface area (Å²) in [5, 5.41) is 3.62. The molecule has 2 aliphatic carbocycles. The van der Waals surface area contributed by atoms with E-state index >= 15 is 0 Å². The van der Waals surface area contributed by atoms with Gasteiger partial charge >= 0.3 is 0 Å². The Bertz CT molecular complexity index is 406. The summed E-state index contributed by atoms with van der Waals surface area (Å²) in [6, 6.07) is 0. The second-order valence-corrected chi connectivity index (χ2v) is 4.42. The monoisotopic (exact) mass is 207 g/mol. The van der Waals surface area contributed by atoms with E-state index in [1.165, 1.54) is 0 Å². The van der Waals surface area contributed by atoms with Crippen molar-refractivity contribution in [2.45, 2.75) is 12.8 Å². The fraction of sp³-hybridized carbons (Fsp3) is 0.364. The highest BCUT2D eigenvalue weighted by molar-refractivity contribution is 6.31. The lowest BCUT2D eigenvalue weighted by atomic mass is 9.76. The van der Waals surface area contributed by atoms with Gasteiger partial charge in [0.1, 0.15) is 0 Å². The molecular formula is C11H10ClNO. The number of rotatable bonds is 0. The Hall–Kier alpha value is -1.02. The minimum absolute atomic E-state index is 0.0272. The van der Waals surface area contributed by atoms with Crippen LogP contribution in [0.25, 0.3) is 0 Å². The normalized spacial score (nSPS) is 34.1. The Labute approximate surface area is 87.3 Å². The van der Waals surface area contributed by atoms with Crippen LogP contribution < -0.4 is 5.32 Å². The number of carbonyl (C=O) groups excluding carboxylic acids is 1. The Kier molecular flexibility index (Phi) is 1.62. The average molecular weight is 208 g/mol. The fourth-order valence-corrected chi connectivity index (χ4v) is 2.84. The number of nitrogens with one attached hydrogen (secondary N) is 1. The van der Waals surface area contributed by atoms with Crippen LogP contribution >= 0.6 is 11.6 Å². The smallest absolute Gasteiger partial charge is 0.252 e. The molecule has 14 heavy (non-hydrogen) atoms. The van der Waals surface area contributed by atoms with Crippen LogP contribution in [0.15, 0.2) is 34.5 Å². The quantitative estimate of drug-likeness (QED) is 0.648. The summed E-state index contributed by atoms with van der Waals surface area (Å²) in [7, 11) is 0. The number of hydrogen-bond donors (Lipinski definition) is 1. The van der Waals surface area contributed by atoms with E-state index in [-0.39, 0.29) is 11.8 Å². The lowest BCUT2D eigenvalue weighted by Crippen LogP contribution is -2.20. The zero-order chi connectivity index (χ0) is 9.71. The van der Waals surface area contributed by atoms with E-state index in [0.717, 1.165) is 24.1 Å². The molecule has 0 bridgehead atoms. The van der Waals surface area contributed by atoms with Gasteiger partial charge in [-0.3, -0.25) is 4.79 Å². The third-order valence-electron chi connectivity index (χ3n) is 3.15. The molecule has 3 heteroatoms. The van der Waals surface area contributed by atoms with E-state index in [4.69, 9.17) is 11.6 Å². The summed E-state index contributed by atoms with van der Waals surface area (Å²) in [5.74, 6) is 0.708. The van der Waals surface area contributed by atoms with Crippen molar-refractivity contribution in [1.29, 1.82) is 0 Å². The van der Waals surface area contributed by atoms with Crippen molar-refractivity contribution in [1.82, 2.24) is 5.32 Å². The largest absolute Gasteiger partial charge is 0.326 e. The molecule has 3 rings (SSSR count). The van der Waals surface area contributed by atoms with Crippen LogP contribution in [0, 0.1) is 11.8 Å². The molecule has 1 heterocycles. The standard InChI is InChI=1S/C11H10ClNO/c12-7-4-6-2-1-3-9-10(6)8(5-7)11(14)13-9/h3-6,10H,1-2H2,(H,13,14). The van der Waals surface area contributed by atoms with E-state index < -0.39 is 0 Å². The van der Waals surface area contributed by atoms with Gasteiger partial charge in [0.05, 0.1) is 0 Å². The molecule has 3 aliphatic rings. The van der Waals surface area contributed by atoms with Gasteiger partial charge in [0.2, 0.25) is 0 Å². The topological polar surface area (TPSA) is 29.1 Å². The van der Waals surface area contributed by atoms with Crippen LogP contribution in [-0.4, -0.2) is 5.91 Å². The summed E-state index contributed by atoms with van der Waals surface area (Å²) in [4.78, 5) is 11.6. The number of allylic oxidation sites excluding steroid dienone is 5. The van der Waals surface area contributed by atoms with E-state index in [9.17, 15) is 4.79 Å². The molecule has 0 aromatic rings. The lowest BCUT2D eigenvalue weighted by Gasteiger charge is -2.27. The summed E-state index contributed by atoms with van der Waals surface area (Å²) in [6.45, 7) is 0. The van der Waals surface area contributed by atoms with Crippen LogP contribution in [0.3, 0.4) is 0 Å². The van der Waals surface area contributed by atoms with Gasteiger partial charge < -0.3 is 5.32 Å². The summed E-state index contributed by atoms with van der Waals surface area (Å²) >= 11 is 5.98. The molecule has 1 aliphatic heterocycles. The van der Waals surface area contributed by atoms with Crippen molar-refractivity contribution in [3.63, 3.8) is 0 Å². The summed E-state index contributed by atoms with van der Waals surface area (Å²) in [5.41, 5.74) is 1.92. The van der Waals surface area contributed by atoms with E-state index in [1.54, 1.807) is 6.08 Å². The third kappa shape index (κ3) is 1.01. The van der Waals surface area contributed by atoms with Crippen molar-refractivity contribution in [3.05, 3.63) is 34.5 Å². The Balaban J connectivity index is 2.15. The van der Waals surface area contributed by atoms with Crippen molar-refractivity contribution >= 4 is 17.5 Å². The Morgan fingerprint density at radius 1 is 1.50 bits per heavy atom. The van der Waals surface area contributed by atoms with Crippen molar-refractivity contribution in [2.75, 3.05) is 0 Å².